The third-order valence-electron chi connectivity index (χ3n) is 7.44. The predicted octanol–water partition coefficient (Wildman–Crippen LogP) is 6.15. The number of halogens is 2. The molecule has 0 fully saturated rings. The van der Waals surface area contributed by atoms with E-state index in [4.69, 9.17) is 42.4 Å². The number of anilines is 1. The first-order valence-electron chi connectivity index (χ1n) is 13.5. The van der Waals surface area contributed by atoms with Crippen LogP contribution in [-0.2, 0) is 21.6 Å². The number of hydrogen-bond acceptors (Lipinski definition) is 7. The molecule has 4 aromatic rings. The van der Waals surface area contributed by atoms with Crippen LogP contribution in [0, 0.1) is 0 Å². The number of benzene rings is 2. The maximum absolute atomic E-state index is 13.5. The Kier molecular flexibility index (Phi) is 8.37. The molecule has 1 aliphatic heterocycles. The minimum Gasteiger partial charge on any atom is -0.496 e. The minimum atomic E-state index is -0.698. The fourth-order valence-corrected chi connectivity index (χ4v) is 5.95. The molecule has 5 rings (SSSR count). The smallest absolute Gasteiger partial charge is 0.358 e. The number of ether oxygens (including phenoxy) is 3. The van der Waals surface area contributed by atoms with Gasteiger partial charge in [-0.1, -0.05) is 41.4 Å². The molecule has 0 amide bonds. The van der Waals surface area contributed by atoms with Crippen molar-refractivity contribution < 1.29 is 19.0 Å². The Labute approximate surface area is 253 Å². The lowest BCUT2D eigenvalue weighted by atomic mass is 9.81. The van der Waals surface area contributed by atoms with Crippen molar-refractivity contribution >= 4 is 34.9 Å². The number of aromatic nitrogens is 3. The lowest BCUT2D eigenvalue weighted by Gasteiger charge is -2.41. The molecule has 42 heavy (non-hydrogen) atoms. The summed E-state index contributed by atoms with van der Waals surface area (Å²) in [5, 5.41) is 4.17. The summed E-state index contributed by atoms with van der Waals surface area (Å²) < 4.78 is 19.9. The molecule has 1 N–H and O–H groups in total. The Bertz CT molecular complexity index is 1710. The SMILES string of the molecule is CCOC(=O)c1nc(-c2ccccc2OC)n2c1C(Nc1cc(Cl)c(=O)n(CCOC)c1)c1ccc(Cl)cc1C2(C)C. The summed E-state index contributed by atoms with van der Waals surface area (Å²) >= 11 is 12.9. The number of esters is 1. The zero-order chi connectivity index (χ0) is 30.2. The van der Waals surface area contributed by atoms with E-state index in [1.807, 2.05) is 47.0 Å². The lowest BCUT2D eigenvalue weighted by molar-refractivity contribution is 0.0518. The van der Waals surface area contributed by atoms with Crippen LogP contribution in [-0.4, -0.2) is 47.5 Å². The van der Waals surface area contributed by atoms with Gasteiger partial charge in [0.25, 0.3) is 5.56 Å². The molecule has 11 heteroatoms. The summed E-state index contributed by atoms with van der Waals surface area (Å²) in [7, 11) is 3.16. The average Bonchev–Trinajstić information content (AvgIpc) is 3.38. The highest BCUT2D eigenvalue weighted by molar-refractivity contribution is 6.31. The number of pyridine rings is 1. The number of rotatable bonds is 9. The first kappa shape index (κ1) is 29.7. The Morgan fingerprint density at radius 2 is 1.88 bits per heavy atom. The largest absolute Gasteiger partial charge is 0.496 e. The van der Waals surface area contributed by atoms with Gasteiger partial charge in [0.1, 0.15) is 16.6 Å². The van der Waals surface area contributed by atoms with Crippen LogP contribution in [0.1, 0.15) is 54.1 Å². The Hall–Kier alpha value is -3.79. The second-order valence-electron chi connectivity index (χ2n) is 10.4. The summed E-state index contributed by atoms with van der Waals surface area (Å²) in [6.45, 7) is 6.70. The van der Waals surface area contributed by atoms with Gasteiger partial charge in [0.15, 0.2) is 5.69 Å². The van der Waals surface area contributed by atoms with E-state index in [-0.39, 0.29) is 22.9 Å². The number of para-hydroxylation sites is 1. The monoisotopic (exact) mass is 610 g/mol. The number of nitrogens with zero attached hydrogens (tertiary/aromatic N) is 3. The molecule has 2 aromatic heterocycles. The van der Waals surface area contributed by atoms with Gasteiger partial charge in [0.2, 0.25) is 0 Å². The molecule has 0 bridgehead atoms. The van der Waals surface area contributed by atoms with E-state index in [1.54, 1.807) is 33.4 Å². The normalized spacial score (nSPS) is 15.1. The van der Waals surface area contributed by atoms with Crippen molar-refractivity contribution in [2.45, 2.75) is 38.9 Å². The van der Waals surface area contributed by atoms with E-state index in [1.165, 1.54) is 4.57 Å². The van der Waals surface area contributed by atoms with E-state index < -0.39 is 17.6 Å². The zero-order valence-corrected chi connectivity index (χ0v) is 25.5. The third kappa shape index (κ3) is 5.17. The first-order valence-corrected chi connectivity index (χ1v) is 14.3. The highest BCUT2D eigenvalue weighted by Gasteiger charge is 2.44. The molecule has 0 saturated heterocycles. The second-order valence-corrected chi connectivity index (χ2v) is 11.2. The van der Waals surface area contributed by atoms with Gasteiger partial charge in [-0.15, -0.1) is 0 Å². The third-order valence-corrected chi connectivity index (χ3v) is 7.94. The summed E-state index contributed by atoms with van der Waals surface area (Å²) in [6, 6.07) is 14.2. The topological polar surface area (TPSA) is 96.6 Å². The van der Waals surface area contributed by atoms with Crippen molar-refractivity contribution in [3.05, 3.63) is 97.6 Å². The molecule has 0 saturated carbocycles. The fraction of sp³-hybridized carbons (Fsp3) is 0.323. The fourth-order valence-electron chi connectivity index (χ4n) is 5.55. The zero-order valence-electron chi connectivity index (χ0n) is 24.0. The number of carbonyl (C=O) groups excluding carboxylic acids is 1. The van der Waals surface area contributed by atoms with Gasteiger partial charge in [-0.3, -0.25) is 4.79 Å². The van der Waals surface area contributed by atoms with Crippen LogP contribution in [0.2, 0.25) is 10.0 Å². The number of nitrogens with one attached hydrogen (secondary N) is 1. The van der Waals surface area contributed by atoms with Gasteiger partial charge in [-0.05, 0) is 62.2 Å². The second kappa shape index (κ2) is 11.8. The summed E-state index contributed by atoms with van der Waals surface area (Å²) in [5.41, 5.74) is 2.85. The van der Waals surface area contributed by atoms with Crippen molar-refractivity contribution in [1.29, 1.82) is 0 Å². The number of fused-ring (bicyclic) bond motifs is 2. The molecule has 1 atom stereocenters. The average molecular weight is 612 g/mol. The highest BCUT2D eigenvalue weighted by Crippen LogP contribution is 2.48. The first-order chi connectivity index (χ1) is 20.1. The van der Waals surface area contributed by atoms with E-state index in [2.05, 4.69) is 19.2 Å². The number of imidazole rings is 1. The molecule has 220 valence electrons. The van der Waals surface area contributed by atoms with Crippen LogP contribution in [0.5, 0.6) is 5.75 Å². The lowest BCUT2D eigenvalue weighted by Crippen LogP contribution is -2.39. The van der Waals surface area contributed by atoms with Gasteiger partial charge in [-0.25, -0.2) is 9.78 Å². The van der Waals surface area contributed by atoms with Crippen LogP contribution in [0.25, 0.3) is 11.4 Å². The Morgan fingerprint density at radius 1 is 1.12 bits per heavy atom. The molecule has 0 aliphatic carbocycles. The highest BCUT2D eigenvalue weighted by atomic mass is 35.5. The number of methoxy groups -OCH3 is 2. The predicted molar refractivity (Wildman–Crippen MR) is 163 cm³/mol. The van der Waals surface area contributed by atoms with E-state index in [0.29, 0.717) is 46.7 Å². The summed E-state index contributed by atoms with van der Waals surface area (Å²) in [5.74, 6) is 0.594. The van der Waals surface area contributed by atoms with Gasteiger partial charge >= 0.3 is 5.97 Å². The maximum atomic E-state index is 13.5. The molecular weight excluding hydrogens is 579 g/mol. The molecule has 1 unspecified atom stereocenters. The van der Waals surface area contributed by atoms with Crippen molar-refractivity contribution in [3.63, 3.8) is 0 Å². The molecule has 3 heterocycles. The number of hydrogen-bond donors (Lipinski definition) is 1. The Morgan fingerprint density at radius 3 is 2.60 bits per heavy atom. The molecule has 0 radical (unpaired) electrons. The van der Waals surface area contributed by atoms with Gasteiger partial charge in [0.05, 0.1) is 48.8 Å². The van der Waals surface area contributed by atoms with Crippen molar-refractivity contribution in [3.8, 4) is 17.1 Å². The molecule has 1 aliphatic rings. The van der Waals surface area contributed by atoms with Crippen LogP contribution in [0.15, 0.2) is 59.5 Å². The quantitative estimate of drug-likeness (QED) is 0.227. The van der Waals surface area contributed by atoms with Gasteiger partial charge in [0, 0.05) is 24.9 Å². The molecule has 9 nitrogen and oxygen atoms in total. The molecule has 0 spiro atoms. The van der Waals surface area contributed by atoms with Crippen molar-refractivity contribution in [2.75, 3.05) is 32.8 Å². The molecular formula is C31H32Cl2N4O5. The standard InChI is InChI=1S/C31H32Cl2N4O5/c1-6-42-30(39)26-27-25(34-19-16-23(33)29(38)36(17-19)13-14-40-4)20-12-11-18(32)15-22(20)31(2,3)37(27)28(35-26)21-9-7-8-10-24(21)41-5/h7-12,15-17,25,34H,6,13-14H2,1-5H3. The number of carbonyl (C=O) groups is 1. The maximum Gasteiger partial charge on any atom is 0.358 e. The van der Waals surface area contributed by atoms with E-state index in [0.717, 1.165) is 11.1 Å². The van der Waals surface area contributed by atoms with E-state index in [9.17, 15) is 9.59 Å². The summed E-state index contributed by atoms with van der Waals surface area (Å²) in [4.78, 5) is 31.1. The minimum absolute atomic E-state index is 0.0532. The van der Waals surface area contributed by atoms with Gasteiger partial charge in [-0.2, -0.15) is 0 Å². The van der Waals surface area contributed by atoms with Crippen molar-refractivity contribution in [2.24, 2.45) is 0 Å². The van der Waals surface area contributed by atoms with Gasteiger partial charge < -0.3 is 28.7 Å². The molecule has 2 aromatic carbocycles. The van der Waals surface area contributed by atoms with Crippen molar-refractivity contribution in [1.82, 2.24) is 14.1 Å². The van der Waals surface area contributed by atoms with Crippen LogP contribution in [0.3, 0.4) is 0 Å². The van der Waals surface area contributed by atoms with Crippen LogP contribution < -0.4 is 15.6 Å². The van der Waals surface area contributed by atoms with Crippen LogP contribution in [0.4, 0.5) is 5.69 Å². The van der Waals surface area contributed by atoms with Crippen LogP contribution >= 0.6 is 23.2 Å². The summed E-state index contributed by atoms with van der Waals surface area (Å²) in [6.07, 6.45) is 1.69. The van der Waals surface area contributed by atoms with E-state index >= 15 is 0 Å². The Balaban J connectivity index is 1.80.